The summed E-state index contributed by atoms with van der Waals surface area (Å²) in [5.41, 5.74) is 2.72. The van der Waals surface area contributed by atoms with Crippen molar-refractivity contribution in [2.75, 3.05) is 26.2 Å². The summed E-state index contributed by atoms with van der Waals surface area (Å²) in [6.45, 7) is 6.28. The van der Waals surface area contributed by atoms with E-state index in [0.717, 1.165) is 12.6 Å². The number of benzene rings is 1. The second-order valence-electron chi connectivity index (χ2n) is 7.57. The summed E-state index contributed by atoms with van der Waals surface area (Å²) >= 11 is 0. The molecule has 4 rings (SSSR count). The van der Waals surface area contributed by atoms with Crippen LogP contribution in [-0.2, 0) is 16.1 Å². The third-order valence-electron chi connectivity index (χ3n) is 5.72. The maximum Gasteiger partial charge on any atom is 0.414 e. The highest BCUT2D eigenvalue weighted by Crippen LogP contribution is 2.24. The van der Waals surface area contributed by atoms with Gasteiger partial charge in [0.05, 0.1) is 0 Å². The Balaban J connectivity index is 0.000000330. The zero-order valence-electron chi connectivity index (χ0n) is 16.1. The molecule has 28 heavy (non-hydrogen) atoms. The van der Waals surface area contributed by atoms with Crippen molar-refractivity contribution in [1.82, 2.24) is 14.8 Å². The summed E-state index contributed by atoms with van der Waals surface area (Å²) in [6, 6.07) is 9.50. The molecule has 2 aliphatic heterocycles. The summed E-state index contributed by atoms with van der Waals surface area (Å²) in [4.78, 5) is 27.0. The van der Waals surface area contributed by atoms with Crippen LogP contribution in [0.2, 0.25) is 0 Å². The Morgan fingerprint density at radius 3 is 2.25 bits per heavy atom. The van der Waals surface area contributed by atoms with Gasteiger partial charge in [-0.2, -0.15) is 0 Å². The average Bonchev–Trinajstić information content (AvgIpc) is 3.13. The van der Waals surface area contributed by atoms with Gasteiger partial charge in [-0.05, 0) is 63.5 Å². The third kappa shape index (κ3) is 5.33. The number of carboxylic acids is 2. The molecule has 0 unspecified atom stereocenters. The predicted molar refractivity (Wildman–Crippen MR) is 107 cm³/mol. The Morgan fingerprint density at radius 1 is 0.964 bits per heavy atom. The maximum atomic E-state index is 9.10. The minimum Gasteiger partial charge on any atom is -0.473 e. The summed E-state index contributed by atoms with van der Waals surface area (Å²) in [7, 11) is 0. The van der Waals surface area contributed by atoms with E-state index in [1.807, 2.05) is 0 Å². The van der Waals surface area contributed by atoms with Crippen molar-refractivity contribution in [2.45, 2.75) is 44.7 Å². The van der Waals surface area contributed by atoms with Crippen molar-refractivity contribution >= 4 is 22.8 Å². The topological polar surface area (TPSA) is 96.9 Å². The number of hydrogen-bond acceptors (Lipinski definition) is 4. The van der Waals surface area contributed by atoms with E-state index in [2.05, 4.69) is 45.2 Å². The molecule has 3 N–H and O–H groups in total. The Morgan fingerprint density at radius 2 is 1.61 bits per heavy atom. The van der Waals surface area contributed by atoms with Gasteiger partial charge in [-0.15, -0.1) is 0 Å². The van der Waals surface area contributed by atoms with E-state index in [1.54, 1.807) is 0 Å². The van der Waals surface area contributed by atoms with Crippen LogP contribution in [0.25, 0.3) is 10.9 Å². The van der Waals surface area contributed by atoms with E-state index in [9.17, 15) is 0 Å². The maximum absolute atomic E-state index is 9.10. The minimum absolute atomic E-state index is 0.847. The molecular weight excluding hydrogens is 358 g/mol. The number of fused-ring (bicyclic) bond motifs is 1. The summed E-state index contributed by atoms with van der Waals surface area (Å²) < 4.78 is 0. The zero-order valence-corrected chi connectivity index (χ0v) is 16.1. The Hall–Kier alpha value is -2.38. The highest BCUT2D eigenvalue weighted by molar-refractivity contribution is 6.27. The number of rotatable bonds is 3. The predicted octanol–water partition coefficient (Wildman–Crippen LogP) is 2.77. The molecule has 152 valence electrons. The molecule has 3 heterocycles. The molecule has 2 fully saturated rings. The van der Waals surface area contributed by atoms with Gasteiger partial charge in [-0.1, -0.05) is 24.6 Å². The smallest absolute Gasteiger partial charge is 0.414 e. The van der Waals surface area contributed by atoms with E-state index in [-0.39, 0.29) is 0 Å². The molecule has 2 aliphatic rings. The Labute approximate surface area is 164 Å². The SMILES string of the molecule is O=C(O)C(=O)O.c1ccc2c(CN3CCC(N4CCCCC4)CC3)c[nH]c2c1. The van der Waals surface area contributed by atoms with Crippen molar-refractivity contribution in [3.8, 4) is 0 Å². The summed E-state index contributed by atoms with van der Waals surface area (Å²) in [5.74, 6) is -3.65. The lowest BCUT2D eigenvalue weighted by molar-refractivity contribution is -0.159. The quantitative estimate of drug-likeness (QED) is 0.701. The number of piperidine rings is 2. The second kappa shape index (κ2) is 9.71. The van der Waals surface area contributed by atoms with Crippen LogP contribution < -0.4 is 0 Å². The lowest BCUT2D eigenvalue weighted by atomic mass is 9.99. The van der Waals surface area contributed by atoms with Gasteiger partial charge in [0.1, 0.15) is 0 Å². The van der Waals surface area contributed by atoms with Gasteiger partial charge in [0, 0.05) is 29.7 Å². The van der Waals surface area contributed by atoms with E-state index in [4.69, 9.17) is 19.8 Å². The molecule has 0 spiro atoms. The number of aromatic amines is 1. The average molecular weight is 387 g/mol. The number of nitrogens with zero attached hydrogens (tertiary/aromatic N) is 2. The lowest BCUT2D eigenvalue weighted by Gasteiger charge is -2.40. The van der Waals surface area contributed by atoms with Gasteiger partial charge in [-0.3, -0.25) is 4.90 Å². The first-order valence-electron chi connectivity index (χ1n) is 10.0. The highest BCUT2D eigenvalue weighted by atomic mass is 16.4. The lowest BCUT2D eigenvalue weighted by Crippen LogP contribution is -2.46. The number of nitrogens with one attached hydrogen (secondary N) is 1. The minimum atomic E-state index is -1.82. The first-order chi connectivity index (χ1) is 13.5. The van der Waals surface area contributed by atoms with Gasteiger partial charge in [0.2, 0.25) is 0 Å². The number of aliphatic carboxylic acids is 2. The fourth-order valence-electron chi connectivity index (χ4n) is 4.23. The number of likely N-dealkylation sites (tertiary alicyclic amines) is 2. The largest absolute Gasteiger partial charge is 0.473 e. The second-order valence-corrected chi connectivity index (χ2v) is 7.57. The molecular formula is C21H29N3O4. The molecule has 0 amide bonds. The van der Waals surface area contributed by atoms with Crippen molar-refractivity contribution in [3.63, 3.8) is 0 Å². The molecule has 0 radical (unpaired) electrons. The van der Waals surface area contributed by atoms with E-state index < -0.39 is 11.9 Å². The Bertz CT molecular complexity index is 778. The van der Waals surface area contributed by atoms with E-state index in [0.29, 0.717) is 0 Å². The highest BCUT2D eigenvalue weighted by Gasteiger charge is 2.25. The third-order valence-corrected chi connectivity index (χ3v) is 5.72. The molecule has 1 aromatic carbocycles. The van der Waals surface area contributed by atoms with Gasteiger partial charge in [-0.25, -0.2) is 9.59 Å². The number of aromatic nitrogens is 1. The van der Waals surface area contributed by atoms with Gasteiger partial charge < -0.3 is 20.1 Å². The number of H-pyrrole nitrogens is 1. The monoisotopic (exact) mass is 387 g/mol. The standard InChI is InChI=1S/C19H27N3.C2H2O4/c1-4-10-22(11-5-1)17-8-12-21(13-9-17)15-16-14-20-19-7-3-2-6-18(16)19;3-1(4)2(5)6/h2-3,6-7,14,17,20H,1,4-5,8-13,15H2;(H,3,4)(H,5,6). The van der Waals surface area contributed by atoms with E-state index in [1.165, 1.54) is 74.7 Å². The van der Waals surface area contributed by atoms with Gasteiger partial charge >= 0.3 is 11.9 Å². The van der Waals surface area contributed by atoms with Crippen LogP contribution in [0.3, 0.4) is 0 Å². The molecule has 7 heteroatoms. The fourth-order valence-corrected chi connectivity index (χ4v) is 4.23. The van der Waals surface area contributed by atoms with E-state index >= 15 is 0 Å². The first kappa shape index (κ1) is 20.4. The molecule has 2 aromatic rings. The molecule has 0 atom stereocenters. The molecule has 0 aliphatic carbocycles. The van der Waals surface area contributed by atoms with Gasteiger partial charge in [0.25, 0.3) is 0 Å². The number of carbonyl (C=O) groups is 2. The van der Waals surface area contributed by atoms with Crippen LogP contribution in [0.15, 0.2) is 30.5 Å². The van der Waals surface area contributed by atoms with Crippen LogP contribution >= 0.6 is 0 Å². The van der Waals surface area contributed by atoms with Crippen molar-refractivity contribution in [3.05, 3.63) is 36.0 Å². The van der Waals surface area contributed by atoms with Crippen molar-refractivity contribution in [2.24, 2.45) is 0 Å². The number of carboxylic acid groups (broad SMARTS) is 2. The van der Waals surface area contributed by atoms with Crippen LogP contribution in [0.1, 0.15) is 37.7 Å². The van der Waals surface area contributed by atoms with Gasteiger partial charge in [0.15, 0.2) is 0 Å². The van der Waals surface area contributed by atoms with Crippen molar-refractivity contribution < 1.29 is 19.8 Å². The van der Waals surface area contributed by atoms with Crippen LogP contribution in [0.4, 0.5) is 0 Å². The molecule has 2 saturated heterocycles. The van der Waals surface area contributed by atoms with Crippen LogP contribution in [-0.4, -0.2) is 69.2 Å². The van der Waals surface area contributed by atoms with Crippen LogP contribution in [0.5, 0.6) is 0 Å². The number of para-hydroxylation sites is 1. The molecule has 7 nitrogen and oxygen atoms in total. The fraction of sp³-hybridized carbons (Fsp3) is 0.524. The zero-order chi connectivity index (χ0) is 19.9. The van der Waals surface area contributed by atoms with Crippen molar-refractivity contribution in [1.29, 1.82) is 0 Å². The Kier molecular flexibility index (Phi) is 7.06. The first-order valence-corrected chi connectivity index (χ1v) is 10.0. The molecule has 1 aromatic heterocycles. The number of hydrogen-bond donors (Lipinski definition) is 3. The summed E-state index contributed by atoms with van der Waals surface area (Å²) in [6.07, 6.45) is 9.16. The summed E-state index contributed by atoms with van der Waals surface area (Å²) in [5, 5.41) is 16.2. The molecule has 0 bridgehead atoms. The van der Waals surface area contributed by atoms with Crippen LogP contribution in [0, 0.1) is 0 Å². The normalized spacial score (nSPS) is 19.1. The molecule has 0 saturated carbocycles.